The zero-order valence-corrected chi connectivity index (χ0v) is 11.5. The number of fused-ring (bicyclic) bond motifs is 1. The van der Waals surface area contributed by atoms with Crippen LogP contribution in [0, 0.1) is 5.92 Å². The zero-order chi connectivity index (χ0) is 14.0. The molecule has 19 heavy (non-hydrogen) atoms. The first-order valence-corrected chi connectivity index (χ1v) is 6.92. The highest BCUT2D eigenvalue weighted by molar-refractivity contribution is 5.83. The van der Waals surface area contributed by atoms with Crippen LogP contribution in [0.2, 0.25) is 0 Å². The van der Waals surface area contributed by atoms with E-state index in [4.69, 9.17) is 9.84 Å². The number of ether oxygens (including phenoxy) is 1. The minimum Gasteiger partial charge on any atom is -0.480 e. The van der Waals surface area contributed by atoms with Crippen molar-refractivity contribution >= 4 is 12.0 Å². The molecule has 1 aliphatic carbocycles. The minimum atomic E-state index is -0.986. The largest absolute Gasteiger partial charge is 0.480 e. The van der Waals surface area contributed by atoms with Crippen LogP contribution in [0.4, 0.5) is 4.79 Å². The van der Waals surface area contributed by atoms with Gasteiger partial charge in [-0.15, -0.1) is 0 Å². The molecular weight excluding hydrogens is 248 g/mol. The van der Waals surface area contributed by atoms with Gasteiger partial charge >= 0.3 is 12.0 Å². The monoisotopic (exact) mass is 270 g/mol. The van der Waals surface area contributed by atoms with Crippen LogP contribution in [-0.2, 0) is 9.53 Å². The normalized spacial score (nSPS) is 28.1. The third-order valence-corrected chi connectivity index (χ3v) is 3.95. The average molecular weight is 270 g/mol. The lowest BCUT2D eigenvalue weighted by Gasteiger charge is -2.38. The molecule has 0 radical (unpaired) electrons. The van der Waals surface area contributed by atoms with Crippen molar-refractivity contribution < 1.29 is 19.4 Å². The molecule has 2 aliphatic rings. The third-order valence-electron chi connectivity index (χ3n) is 3.95. The first kappa shape index (κ1) is 14.1. The fraction of sp³-hybridized carbons (Fsp3) is 0.846. The molecule has 2 rings (SSSR count). The molecule has 3 atom stereocenters. The SMILES string of the molecule is CC(C)[C@H](NC(=O)N1CCOC2CCCC21)C(=O)O. The molecule has 0 spiro atoms. The van der Waals surface area contributed by atoms with E-state index in [0.717, 1.165) is 19.3 Å². The van der Waals surface area contributed by atoms with E-state index in [0.29, 0.717) is 13.2 Å². The number of carbonyl (C=O) groups is 2. The van der Waals surface area contributed by atoms with E-state index in [-0.39, 0.29) is 24.1 Å². The van der Waals surface area contributed by atoms with Gasteiger partial charge in [0.2, 0.25) is 0 Å². The second kappa shape index (κ2) is 5.77. The van der Waals surface area contributed by atoms with Crippen molar-refractivity contribution in [2.24, 2.45) is 5.92 Å². The Morgan fingerprint density at radius 3 is 2.74 bits per heavy atom. The summed E-state index contributed by atoms with van der Waals surface area (Å²) in [4.78, 5) is 25.1. The Balaban J connectivity index is 2.00. The first-order valence-electron chi connectivity index (χ1n) is 6.92. The van der Waals surface area contributed by atoms with Gasteiger partial charge in [0.15, 0.2) is 0 Å². The van der Waals surface area contributed by atoms with Crippen LogP contribution in [0.3, 0.4) is 0 Å². The number of hydrogen-bond donors (Lipinski definition) is 2. The smallest absolute Gasteiger partial charge is 0.326 e. The van der Waals surface area contributed by atoms with Gasteiger partial charge in [-0.05, 0) is 25.2 Å². The van der Waals surface area contributed by atoms with E-state index in [1.165, 1.54) is 0 Å². The second-order valence-corrected chi connectivity index (χ2v) is 5.61. The average Bonchev–Trinajstić information content (AvgIpc) is 2.82. The second-order valence-electron chi connectivity index (χ2n) is 5.61. The predicted molar refractivity (Wildman–Crippen MR) is 68.9 cm³/mol. The molecule has 2 amide bonds. The number of aliphatic carboxylic acids is 1. The summed E-state index contributed by atoms with van der Waals surface area (Å²) in [5.41, 5.74) is 0. The van der Waals surface area contributed by atoms with Gasteiger partial charge in [0.05, 0.1) is 18.8 Å². The van der Waals surface area contributed by atoms with Crippen LogP contribution in [0.25, 0.3) is 0 Å². The van der Waals surface area contributed by atoms with Crippen molar-refractivity contribution in [2.75, 3.05) is 13.2 Å². The van der Waals surface area contributed by atoms with Crippen molar-refractivity contribution in [2.45, 2.75) is 51.3 Å². The molecule has 1 saturated carbocycles. The minimum absolute atomic E-state index is 0.107. The molecule has 0 aromatic carbocycles. The molecule has 0 bridgehead atoms. The maximum absolute atomic E-state index is 12.3. The van der Waals surface area contributed by atoms with Crippen molar-refractivity contribution in [3.63, 3.8) is 0 Å². The van der Waals surface area contributed by atoms with Crippen LogP contribution in [0.15, 0.2) is 0 Å². The summed E-state index contributed by atoms with van der Waals surface area (Å²) in [6.07, 6.45) is 3.12. The number of hydrogen-bond acceptors (Lipinski definition) is 3. The fourth-order valence-electron chi connectivity index (χ4n) is 2.91. The fourth-order valence-corrected chi connectivity index (χ4v) is 2.91. The van der Waals surface area contributed by atoms with Crippen LogP contribution in [0.1, 0.15) is 33.1 Å². The topological polar surface area (TPSA) is 78.9 Å². The summed E-state index contributed by atoms with van der Waals surface area (Å²) >= 11 is 0. The lowest BCUT2D eigenvalue weighted by atomic mass is 10.0. The molecule has 2 fully saturated rings. The quantitative estimate of drug-likeness (QED) is 0.803. The van der Waals surface area contributed by atoms with Gasteiger partial charge in [-0.1, -0.05) is 13.8 Å². The lowest BCUT2D eigenvalue weighted by Crippen LogP contribution is -2.57. The maximum atomic E-state index is 12.3. The zero-order valence-electron chi connectivity index (χ0n) is 11.5. The Hall–Kier alpha value is -1.30. The highest BCUT2D eigenvalue weighted by atomic mass is 16.5. The number of carbonyl (C=O) groups excluding carboxylic acids is 1. The van der Waals surface area contributed by atoms with Crippen LogP contribution < -0.4 is 5.32 Å². The molecule has 6 heteroatoms. The van der Waals surface area contributed by atoms with Gasteiger partial charge in [0.1, 0.15) is 6.04 Å². The number of nitrogens with one attached hydrogen (secondary N) is 1. The van der Waals surface area contributed by atoms with E-state index in [9.17, 15) is 9.59 Å². The molecule has 1 aliphatic heterocycles. The van der Waals surface area contributed by atoms with Crippen molar-refractivity contribution in [1.29, 1.82) is 0 Å². The maximum Gasteiger partial charge on any atom is 0.326 e. The van der Waals surface area contributed by atoms with Gasteiger partial charge in [-0.3, -0.25) is 0 Å². The molecule has 1 heterocycles. The van der Waals surface area contributed by atoms with Crippen molar-refractivity contribution in [3.05, 3.63) is 0 Å². The van der Waals surface area contributed by atoms with Crippen molar-refractivity contribution in [3.8, 4) is 0 Å². The highest BCUT2D eigenvalue weighted by Gasteiger charge is 2.39. The Kier molecular flexibility index (Phi) is 4.29. The number of rotatable bonds is 3. The van der Waals surface area contributed by atoms with Crippen LogP contribution >= 0.6 is 0 Å². The first-order chi connectivity index (χ1) is 9.00. The predicted octanol–water partition coefficient (Wildman–Crippen LogP) is 1.06. The van der Waals surface area contributed by atoms with Gasteiger partial charge in [0.25, 0.3) is 0 Å². The van der Waals surface area contributed by atoms with Gasteiger partial charge in [0, 0.05) is 6.54 Å². The summed E-state index contributed by atoms with van der Waals surface area (Å²) < 4.78 is 5.64. The van der Waals surface area contributed by atoms with Gasteiger partial charge in [-0.25, -0.2) is 9.59 Å². The number of carboxylic acids is 1. The summed E-state index contributed by atoms with van der Waals surface area (Å²) in [5.74, 6) is -1.12. The Labute approximate surface area is 113 Å². The standard InChI is InChI=1S/C13H22N2O4/c1-8(2)11(12(16)17)14-13(18)15-6-7-19-10-5-3-4-9(10)15/h8-11H,3-7H2,1-2H3,(H,14,18)(H,16,17)/t9?,10?,11-/m0/s1. The Bertz CT molecular complexity index is 359. The summed E-state index contributed by atoms with van der Waals surface area (Å²) in [6.45, 7) is 4.65. The summed E-state index contributed by atoms with van der Waals surface area (Å²) in [6, 6.07) is -1.01. The summed E-state index contributed by atoms with van der Waals surface area (Å²) in [7, 11) is 0. The number of morpholine rings is 1. The van der Waals surface area contributed by atoms with Crippen LogP contribution in [0.5, 0.6) is 0 Å². The molecule has 2 unspecified atom stereocenters. The van der Waals surface area contributed by atoms with E-state index >= 15 is 0 Å². The number of amides is 2. The molecule has 0 aromatic rings. The number of nitrogens with zero attached hydrogens (tertiary/aromatic N) is 1. The highest BCUT2D eigenvalue weighted by Crippen LogP contribution is 2.29. The lowest BCUT2D eigenvalue weighted by molar-refractivity contribution is -0.140. The Morgan fingerprint density at radius 2 is 2.11 bits per heavy atom. The Morgan fingerprint density at radius 1 is 1.37 bits per heavy atom. The number of carboxylic acid groups (broad SMARTS) is 1. The molecule has 2 N–H and O–H groups in total. The van der Waals surface area contributed by atoms with Crippen molar-refractivity contribution in [1.82, 2.24) is 10.2 Å². The van der Waals surface area contributed by atoms with E-state index in [1.807, 2.05) is 0 Å². The number of urea groups is 1. The molecule has 1 saturated heterocycles. The van der Waals surface area contributed by atoms with E-state index < -0.39 is 12.0 Å². The van der Waals surface area contributed by atoms with E-state index in [1.54, 1.807) is 18.7 Å². The van der Waals surface area contributed by atoms with Gasteiger partial charge < -0.3 is 20.1 Å². The molecule has 6 nitrogen and oxygen atoms in total. The summed E-state index contributed by atoms with van der Waals surface area (Å²) in [5, 5.41) is 11.8. The van der Waals surface area contributed by atoms with Crippen LogP contribution in [-0.4, -0.2) is 53.3 Å². The molecule has 0 aromatic heterocycles. The van der Waals surface area contributed by atoms with E-state index in [2.05, 4.69) is 5.32 Å². The van der Waals surface area contributed by atoms with Gasteiger partial charge in [-0.2, -0.15) is 0 Å². The molecule has 108 valence electrons. The molecular formula is C13H22N2O4. The third kappa shape index (κ3) is 3.00.